The zero-order chi connectivity index (χ0) is 30.2. The first-order valence-electron chi connectivity index (χ1n) is 11.0. The highest BCUT2D eigenvalue weighted by Gasteiger charge is 2.55. The van der Waals surface area contributed by atoms with E-state index in [1.165, 1.54) is 6.92 Å². The first kappa shape index (κ1) is 32.7. The maximum absolute atomic E-state index is 14.4. The molecular weight excluding hydrogens is 562 g/mol. The van der Waals surface area contributed by atoms with E-state index in [-0.39, 0.29) is 6.42 Å². The van der Waals surface area contributed by atoms with Crippen molar-refractivity contribution < 1.29 is 74.5 Å². The highest BCUT2D eigenvalue weighted by atomic mass is 19.2. The van der Waals surface area contributed by atoms with Crippen LogP contribution in [0.1, 0.15) is 30.9 Å². The summed E-state index contributed by atoms with van der Waals surface area (Å²) in [6.07, 6.45) is -13.6. The van der Waals surface area contributed by atoms with Gasteiger partial charge in [-0.15, -0.1) is 0 Å². The van der Waals surface area contributed by atoms with Gasteiger partial charge in [-0.1, -0.05) is 13.3 Å². The fourth-order valence-corrected chi connectivity index (χ4v) is 4.22. The summed E-state index contributed by atoms with van der Waals surface area (Å²) >= 11 is 0. The summed E-state index contributed by atoms with van der Waals surface area (Å²) in [6, 6.07) is 0. The third-order valence-corrected chi connectivity index (χ3v) is 6.27. The average molecular weight is 584 g/mol. The van der Waals surface area contributed by atoms with Crippen LogP contribution in [0.25, 0.3) is 0 Å². The van der Waals surface area contributed by atoms with Crippen molar-refractivity contribution in [1.29, 1.82) is 0 Å². The minimum atomic E-state index is -3.80. The summed E-state index contributed by atoms with van der Waals surface area (Å²) < 4.78 is 139. The summed E-state index contributed by atoms with van der Waals surface area (Å²) in [5.41, 5.74) is -10.7. The van der Waals surface area contributed by atoms with Crippen molar-refractivity contribution in [2.45, 2.75) is 62.1 Å². The van der Waals surface area contributed by atoms with Crippen molar-refractivity contribution >= 4 is 0 Å². The molecule has 0 saturated heterocycles. The van der Waals surface area contributed by atoms with Crippen LogP contribution in [-0.4, -0.2) is 66.8 Å². The molecule has 16 heteroatoms. The van der Waals surface area contributed by atoms with Crippen LogP contribution in [0.2, 0.25) is 0 Å². The average Bonchev–Trinajstić information content (AvgIpc) is 2.91. The minimum absolute atomic E-state index is 0.305. The second-order valence-electron chi connectivity index (χ2n) is 8.89. The third-order valence-electron chi connectivity index (χ3n) is 6.27. The molecule has 0 heterocycles. The van der Waals surface area contributed by atoms with Gasteiger partial charge in [0.25, 0.3) is 0 Å². The van der Waals surface area contributed by atoms with E-state index in [0.29, 0.717) is 0 Å². The molecule has 5 atom stereocenters. The smallest absolute Gasteiger partial charge is 0.200 e. The molecule has 0 aliphatic carbocycles. The SMILES string of the molecule is CCCC(O)(Cc1c(F)c(F)c(F)c(F)c1F)[C@@H](O)[C@@](O)(Cc1c(F)c(F)c(F)c(F)c1F)[C@H](O)[C@@H](O)CO. The van der Waals surface area contributed by atoms with Crippen LogP contribution < -0.4 is 0 Å². The first-order chi connectivity index (χ1) is 17.9. The molecule has 220 valence electrons. The van der Waals surface area contributed by atoms with Crippen LogP contribution >= 0.6 is 0 Å². The summed E-state index contributed by atoms with van der Waals surface area (Å²) in [6.45, 7) is -0.227. The molecule has 1 unspecified atom stereocenters. The predicted molar refractivity (Wildman–Crippen MR) is 110 cm³/mol. The fraction of sp³-hybridized carbons (Fsp3) is 0.478. The van der Waals surface area contributed by atoms with E-state index in [4.69, 9.17) is 5.11 Å². The van der Waals surface area contributed by atoms with Gasteiger partial charge in [0.05, 0.1) is 12.2 Å². The molecule has 0 fully saturated rings. The first-order valence-corrected chi connectivity index (χ1v) is 11.0. The van der Waals surface area contributed by atoms with Crippen molar-refractivity contribution in [1.82, 2.24) is 0 Å². The van der Waals surface area contributed by atoms with Crippen molar-refractivity contribution in [3.63, 3.8) is 0 Å². The molecule has 0 aliphatic heterocycles. The van der Waals surface area contributed by atoms with Crippen molar-refractivity contribution in [3.8, 4) is 0 Å². The number of aliphatic hydroxyl groups excluding tert-OH is 4. The summed E-state index contributed by atoms with van der Waals surface area (Å²) in [5.74, 6) is -25.4. The van der Waals surface area contributed by atoms with Crippen LogP contribution in [0.15, 0.2) is 0 Å². The van der Waals surface area contributed by atoms with E-state index in [1.54, 1.807) is 0 Å². The molecule has 0 bridgehead atoms. The Balaban J connectivity index is 2.79. The Kier molecular flexibility index (Phi) is 10.0. The molecule has 0 spiro atoms. The number of hydrogen-bond donors (Lipinski definition) is 6. The molecule has 2 aromatic carbocycles. The van der Waals surface area contributed by atoms with Gasteiger partial charge in [-0.25, -0.2) is 43.9 Å². The van der Waals surface area contributed by atoms with Crippen LogP contribution in [0.3, 0.4) is 0 Å². The van der Waals surface area contributed by atoms with Gasteiger partial charge in [0.15, 0.2) is 46.5 Å². The fourth-order valence-electron chi connectivity index (χ4n) is 4.22. The second kappa shape index (κ2) is 11.9. The molecule has 6 N–H and O–H groups in total. The molecule has 2 rings (SSSR count). The van der Waals surface area contributed by atoms with Gasteiger partial charge in [-0.3, -0.25) is 0 Å². The van der Waals surface area contributed by atoms with Crippen LogP contribution in [0.5, 0.6) is 0 Å². The highest BCUT2D eigenvalue weighted by Crippen LogP contribution is 2.38. The molecule has 2 aromatic rings. The van der Waals surface area contributed by atoms with Gasteiger partial charge in [-0.05, 0) is 6.42 Å². The maximum Gasteiger partial charge on any atom is 0.200 e. The van der Waals surface area contributed by atoms with E-state index in [9.17, 15) is 69.4 Å². The monoisotopic (exact) mass is 584 g/mol. The van der Waals surface area contributed by atoms with Gasteiger partial charge in [0.2, 0.25) is 11.6 Å². The van der Waals surface area contributed by atoms with E-state index in [1.807, 2.05) is 0 Å². The number of hydrogen-bond acceptors (Lipinski definition) is 6. The molecule has 39 heavy (non-hydrogen) atoms. The van der Waals surface area contributed by atoms with E-state index < -0.39 is 125 Å². The van der Waals surface area contributed by atoms with Crippen LogP contribution in [0.4, 0.5) is 43.9 Å². The van der Waals surface area contributed by atoms with E-state index in [0.717, 1.165) is 0 Å². The normalized spacial score (nSPS) is 17.5. The Labute approximate surface area is 213 Å². The second-order valence-corrected chi connectivity index (χ2v) is 8.89. The minimum Gasteiger partial charge on any atom is -0.394 e. The lowest BCUT2D eigenvalue weighted by Gasteiger charge is -2.46. The maximum atomic E-state index is 14.4. The molecular formula is C23H22F10O6. The Bertz CT molecular complexity index is 1170. The molecule has 0 aliphatic rings. The molecule has 6 nitrogen and oxygen atoms in total. The van der Waals surface area contributed by atoms with Crippen molar-refractivity contribution in [2.75, 3.05) is 6.61 Å². The molecule has 0 amide bonds. The topological polar surface area (TPSA) is 121 Å². The van der Waals surface area contributed by atoms with E-state index in [2.05, 4.69) is 0 Å². The molecule has 0 aromatic heterocycles. The van der Waals surface area contributed by atoms with Gasteiger partial charge in [-0.2, -0.15) is 0 Å². The molecule has 0 saturated carbocycles. The lowest BCUT2D eigenvalue weighted by molar-refractivity contribution is -0.230. The van der Waals surface area contributed by atoms with Crippen LogP contribution in [-0.2, 0) is 12.8 Å². The number of halogens is 10. The summed E-state index contributed by atoms with van der Waals surface area (Å²) in [7, 11) is 0. The zero-order valence-electron chi connectivity index (χ0n) is 19.7. The number of rotatable bonds is 11. The quantitative estimate of drug-likeness (QED) is 0.137. The van der Waals surface area contributed by atoms with Gasteiger partial charge < -0.3 is 30.6 Å². The Morgan fingerprint density at radius 2 is 0.923 bits per heavy atom. The largest absolute Gasteiger partial charge is 0.394 e. The number of aliphatic hydroxyl groups is 6. The Morgan fingerprint density at radius 3 is 1.26 bits per heavy atom. The highest BCUT2D eigenvalue weighted by molar-refractivity contribution is 5.29. The lowest BCUT2D eigenvalue weighted by atomic mass is 9.71. The van der Waals surface area contributed by atoms with Gasteiger partial charge in [0.1, 0.15) is 23.9 Å². The predicted octanol–water partition coefficient (Wildman–Crippen LogP) is 2.20. The summed E-state index contributed by atoms with van der Waals surface area (Å²) in [4.78, 5) is 0. The van der Waals surface area contributed by atoms with Gasteiger partial charge >= 0.3 is 0 Å². The van der Waals surface area contributed by atoms with E-state index >= 15 is 0 Å². The zero-order valence-corrected chi connectivity index (χ0v) is 19.7. The standard InChI is InChI=1S/C23H22F10O6/c1-2-3-22(38,4-7-10(24)14(28)18(32)15(29)11(7)25)21(37)23(39,20(36)9(35)6-34)5-8-12(26)16(30)19(33)17(31)13(8)27/h9,20-21,34-39H,2-6H2,1H3/t9-,20+,21+,22?,23+/m0/s1. The van der Waals surface area contributed by atoms with Crippen LogP contribution in [0, 0.1) is 58.2 Å². The number of benzene rings is 2. The van der Waals surface area contributed by atoms with Gasteiger partial charge in [0, 0.05) is 24.0 Å². The van der Waals surface area contributed by atoms with Crippen molar-refractivity contribution in [3.05, 3.63) is 69.3 Å². The molecule has 0 radical (unpaired) electrons. The Hall–Kier alpha value is -2.50. The third kappa shape index (κ3) is 5.71. The van der Waals surface area contributed by atoms with Crippen molar-refractivity contribution in [2.24, 2.45) is 0 Å². The lowest BCUT2D eigenvalue weighted by Crippen LogP contribution is -2.66. The Morgan fingerprint density at radius 1 is 0.590 bits per heavy atom. The summed E-state index contributed by atoms with van der Waals surface area (Å²) in [5, 5.41) is 62.6.